The second kappa shape index (κ2) is 12.1. The van der Waals surface area contributed by atoms with Gasteiger partial charge in [-0.2, -0.15) is 0 Å². The third-order valence-electron chi connectivity index (χ3n) is 6.80. The van der Waals surface area contributed by atoms with Gasteiger partial charge in [0.1, 0.15) is 18.1 Å². The molecule has 36 heavy (non-hydrogen) atoms. The number of amides is 1. The minimum atomic E-state index is -3.73. The minimum absolute atomic E-state index is 0.0901. The lowest BCUT2D eigenvalue weighted by Gasteiger charge is -2.22. The fourth-order valence-corrected chi connectivity index (χ4v) is 6.06. The van der Waals surface area contributed by atoms with Crippen molar-refractivity contribution >= 4 is 15.9 Å². The van der Waals surface area contributed by atoms with Gasteiger partial charge >= 0.3 is 0 Å². The van der Waals surface area contributed by atoms with Gasteiger partial charge in [0.25, 0.3) is 0 Å². The maximum absolute atomic E-state index is 13.2. The number of benzene rings is 2. The van der Waals surface area contributed by atoms with E-state index in [0.717, 1.165) is 31.7 Å². The van der Waals surface area contributed by atoms with Crippen molar-refractivity contribution in [1.29, 1.82) is 0 Å². The van der Waals surface area contributed by atoms with Crippen LogP contribution in [-0.4, -0.2) is 89.5 Å². The average Bonchev–Trinajstić information content (AvgIpc) is 3.02. The topological polar surface area (TPSA) is 79.4 Å². The van der Waals surface area contributed by atoms with Gasteiger partial charge in [0.05, 0.1) is 18.6 Å². The van der Waals surface area contributed by atoms with Crippen molar-refractivity contribution in [3.8, 4) is 11.5 Å². The zero-order valence-electron chi connectivity index (χ0n) is 22.3. The van der Waals surface area contributed by atoms with E-state index in [1.54, 1.807) is 45.0 Å². The van der Waals surface area contributed by atoms with Gasteiger partial charge < -0.3 is 19.3 Å². The number of ether oxygens (including phenoxy) is 2. The third kappa shape index (κ3) is 6.78. The molecule has 0 unspecified atom stereocenters. The highest BCUT2D eigenvalue weighted by Gasteiger charge is 2.26. The molecule has 0 saturated carbocycles. The summed E-state index contributed by atoms with van der Waals surface area (Å²) in [6.07, 6.45) is 2.14. The standard InChI is InChI=1S/C27H39N3O5S/c1-20-17-25(34-6)18-21(2)27(20)36(32,33)30(5)14-11-26(31)29(4)15-16-35-24-8-7-22-9-12-28(3)13-10-23(22)19-24/h7-8,17-19H,9-16H2,1-6H3. The Balaban J connectivity index is 1.50. The fraction of sp³-hybridized carbons (Fsp3) is 0.519. The molecule has 2 aromatic carbocycles. The van der Waals surface area contributed by atoms with Crippen LogP contribution in [0.5, 0.6) is 11.5 Å². The number of carbonyl (C=O) groups is 1. The predicted molar refractivity (Wildman–Crippen MR) is 141 cm³/mol. The van der Waals surface area contributed by atoms with E-state index in [-0.39, 0.29) is 23.8 Å². The van der Waals surface area contributed by atoms with Gasteiger partial charge in [-0.1, -0.05) is 6.07 Å². The molecule has 0 fully saturated rings. The number of carbonyl (C=O) groups excluding carboxylic acids is 1. The molecule has 0 aromatic heterocycles. The van der Waals surface area contributed by atoms with E-state index in [2.05, 4.69) is 24.1 Å². The summed E-state index contributed by atoms with van der Waals surface area (Å²) in [5, 5.41) is 0. The summed E-state index contributed by atoms with van der Waals surface area (Å²) in [7, 11) is 3.18. The lowest BCUT2D eigenvalue weighted by Crippen LogP contribution is -2.35. The molecule has 0 radical (unpaired) electrons. The van der Waals surface area contributed by atoms with Gasteiger partial charge in [0, 0.05) is 40.2 Å². The summed E-state index contributed by atoms with van der Waals surface area (Å²) in [6.45, 7) is 6.49. The largest absolute Gasteiger partial charge is 0.497 e. The van der Waals surface area contributed by atoms with E-state index in [1.165, 1.54) is 22.5 Å². The normalized spacial score (nSPS) is 14.3. The number of hydrogen-bond acceptors (Lipinski definition) is 6. The molecule has 0 N–H and O–H groups in total. The molecule has 2 aromatic rings. The SMILES string of the molecule is COc1cc(C)c(S(=O)(=O)N(C)CCC(=O)N(C)CCOc2ccc3c(c2)CCN(C)CC3)c(C)c1. The number of methoxy groups -OCH3 is 1. The van der Waals surface area contributed by atoms with Crippen molar-refractivity contribution < 1.29 is 22.7 Å². The molecule has 0 aliphatic carbocycles. The summed E-state index contributed by atoms with van der Waals surface area (Å²) in [5.41, 5.74) is 3.93. The summed E-state index contributed by atoms with van der Waals surface area (Å²) in [5.74, 6) is 1.30. The predicted octanol–water partition coefficient (Wildman–Crippen LogP) is 2.89. The van der Waals surface area contributed by atoms with Crippen LogP contribution in [0, 0.1) is 13.8 Å². The van der Waals surface area contributed by atoms with Gasteiger partial charge in [-0.25, -0.2) is 12.7 Å². The highest BCUT2D eigenvalue weighted by atomic mass is 32.2. The number of aryl methyl sites for hydroxylation is 2. The first kappa shape index (κ1) is 28.0. The molecule has 198 valence electrons. The Kier molecular flexibility index (Phi) is 9.38. The van der Waals surface area contributed by atoms with Crippen LogP contribution in [0.3, 0.4) is 0 Å². The Labute approximate surface area is 215 Å². The lowest BCUT2D eigenvalue weighted by molar-refractivity contribution is -0.130. The first-order chi connectivity index (χ1) is 17.0. The smallest absolute Gasteiger partial charge is 0.243 e. The van der Waals surface area contributed by atoms with Gasteiger partial charge in [0.2, 0.25) is 15.9 Å². The summed E-state index contributed by atoms with van der Waals surface area (Å²) < 4.78 is 38.7. The fourth-order valence-electron chi connectivity index (χ4n) is 4.48. The van der Waals surface area contributed by atoms with Gasteiger partial charge in [-0.15, -0.1) is 0 Å². The zero-order chi connectivity index (χ0) is 26.5. The molecular weight excluding hydrogens is 478 g/mol. The summed E-state index contributed by atoms with van der Waals surface area (Å²) >= 11 is 0. The highest BCUT2D eigenvalue weighted by molar-refractivity contribution is 7.89. The second-order valence-electron chi connectivity index (χ2n) is 9.56. The van der Waals surface area contributed by atoms with Crippen LogP contribution in [0.15, 0.2) is 35.2 Å². The van der Waals surface area contributed by atoms with Crippen LogP contribution in [0.4, 0.5) is 0 Å². The number of fused-ring (bicyclic) bond motifs is 1. The van der Waals surface area contributed by atoms with Crippen LogP contribution in [0.1, 0.15) is 28.7 Å². The Bertz CT molecular complexity index is 1160. The number of hydrogen-bond donors (Lipinski definition) is 0. The van der Waals surface area contributed by atoms with E-state index >= 15 is 0 Å². The number of likely N-dealkylation sites (N-methyl/N-ethyl adjacent to an activating group) is 2. The van der Waals surface area contributed by atoms with E-state index in [1.807, 2.05) is 6.07 Å². The summed E-state index contributed by atoms with van der Waals surface area (Å²) in [6, 6.07) is 9.65. The molecule has 0 bridgehead atoms. The molecule has 0 saturated heterocycles. The molecule has 3 rings (SSSR count). The van der Waals surface area contributed by atoms with Gasteiger partial charge in [-0.05, 0) is 80.3 Å². The maximum Gasteiger partial charge on any atom is 0.243 e. The Morgan fingerprint density at radius 2 is 1.61 bits per heavy atom. The molecular formula is C27H39N3O5S. The molecule has 0 atom stereocenters. The van der Waals surface area contributed by atoms with Gasteiger partial charge in [0.15, 0.2) is 0 Å². The van der Waals surface area contributed by atoms with Crippen molar-refractivity contribution in [2.24, 2.45) is 0 Å². The number of nitrogens with zero attached hydrogens (tertiary/aromatic N) is 3. The second-order valence-corrected chi connectivity index (χ2v) is 11.5. The van der Waals surface area contributed by atoms with E-state index in [9.17, 15) is 13.2 Å². The zero-order valence-corrected chi connectivity index (χ0v) is 23.2. The van der Waals surface area contributed by atoms with Crippen molar-refractivity contribution in [1.82, 2.24) is 14.1 Å². The maximum atomic E-state index is 13.2. The van der Waals surface area contributed by atoms with Crippen LogP contribution < -0.4 is 9.47 Å². The number of sulfonamides is 1. The molecule has 1 aliphatic heterocycles. The molecule has 1 amide bonds. The van der Waals surface area contributed by atoms with Crippen LogP contribution in [-0.2, 0) is 27.7 Å². The van der Waals surface area contributed by atoms with Crippen LogP contribution in [0.25, 0.3) is 0 Å². The Morgan fingerprint density at radius 1 is 0.972 bits per heavy atom. The Morgan fingerprint density at radius 3 is 2.25 bits per heavy atom. The molecule has 1 aliphatic rings. The molecule has 8 nitrogen and oxygen atoms in total. The summed E-state index contributed by atoms with van der Waals surface area (Å²) in [4.78, 5) is 16.8. The number of rotatable bonds is 10. The molecule has 0 spiro atoms. The first-order valence-electron chi connectivity index (χ1n) is 12.3. The van der Waals surface area contributed by atoms with E-state index in [4.69, 9.17) is 9.47 Å². The van der Waals surface area contributed by atoms with E-state index < -0.39 is 10.0 Å². The lowest BCUT2D eigenvalue weighted by atomic mass is 10.0. The van der Waals surface area contributed by atoms with Crippen molar-refractivity contribution in [2.75, 3.05) is 61.0 Å². The molecule has 1 heterocycles. The quantitative estimate of drug-likeness (QED) is 0.482. The first-order valence-corrected chi connectivity index (χ1v) is 13.8. The van der Waals surface area contributed by atoms with Crippen molar-refractivity contribution in [3.63, 3.8) is 0 Å². The average molecular weight is 518 g/mol. The monoisotopic (exact) mass is 517 g/mol. The van der Waals surface area contributed by atoms with Crippen LogP contribution >= 0.6 is 0 Å². The van der Waals surface area contributed by atoms with Crippen LogP contribution in [0.2, 0.25) is 0 Å². The minimum Gasteiger partial charge on any atom is -0.497 e. The van der Waals surface area contributed by atoms with Crippen molar-refractivity contribution in [3.05, 3.63) is 52.6 Å². The Hall–Kier alpha value is -2.62. The highest BCUT2D eigenvalue weighted by Crippen LogP contribution is 2.28. The van der Waals surface area contributed by atoms with E-state index in [0.29, 0.717) is 30.0 Å². The molecule has 9 heteroatoms. The van der Waals surface area contributed by atoms with Gasteiger partial charge in [-0.3, -0.25) is 4.79 Å². The van der Waals surface area contributed by atoms with Crippen molar-refractivity contribution in [2.45, 2.75) is 38.0 Å². The third-order valence-corrected chi connectivity index (χ3v) is 8.97.